The second-order valence-corrected chi connectivity index (χ2v) is 2.10. The van der Waals surface area contributed by atoms with Gasteiger partial charge < -0.3 is 0 Å². The largest absolute Gasteiger partial charge is 0.263 e. The van der Waals surface area contributed by atoms with Crippen LogP contribution in [0.15, 0.2) is 29.4 Å². The van der Waals surface area contributed by atoms with Crippen molar-refractivity contribution in [3.8, 4) is 0 Å². The van der Waals surface area contributed by atoms with Crippen LogP contribution in [-0.4, -0.2) is 5.71 Å². The van der Waals surface area contributed by atoms with E-state index in [0.29, 0.717) is 0 Å². The minimum absolute atomic E-state index is 1.00. The number of aliphatic imine (C=N–C) groups is 1. The van der Waals surface area contributed by atoms with Crippen molar-refractivity contribution in [1.29, 1.82) is 0 Å². The summed E-state index contributed by atoms with van der Waals surface area (Å²) in [5, 5.41) is 0. The Morgan fingerprint density at radius 3 is 2.22 bits per heavy atom. The molecule has 0 bridgehead atoms. The zero-order chi connectivity index (χ0) is 7.28. The molecule has 0 N–H and O–H groups in total. The third-order valence-electron chi connectivity index (χ3n) is 0.759. The molecule has 0 saturated carbocycles. The molecule has 50 valence electrons. The van der Waals surface area contributed by atoms with Gasteiger partial charge in [-0.15, -0.1) is 0 Å². The highest BCUT2D eigenvalue weighted by atomic mass is 14.7. The lowest BCUT2D eigenvalue weighted by Gasteiger charge is -1.89. The third-order valence-corrected chi connectivity index (χ3v) is 0.759. The highest BCUT2D eigenvalue weighted by Crippen LogP contribution is 1.94. The first-order valence-electron chi connectivity index (χ1n) is 2.98. The summed E-state index contributed by atoms with van der Waals surface area (Å²) in [5.41, 5.74) is 2.08. The van der Waals surface area contributed by atoms with Crippen LogP contribution in [0.25, 0.3) is 0 Å². The van der Waals surface area contributed by atoms with E-state index >= 15 is 0 Å². The van der Waals surface area contributed by atoms with Gasteiger partial charge in [0, 0.05) is 11.4 Å². The van der Waals surface area contributed by atoms with Crippen molar-refractivity contribution in [3.05, 3.63) is 24.4 Å². The molecule has 0 amide bonds. The minimum atomic E-state index is 1.00. The van der Waals surface area contributed by atoms with E-state index in [4.69, 9.17) is 0 Å². The molecule has 0 aliphatic rings. The highest BCUT2D eigenvalue weighted by Gasteiger charge is 1.79. The van der Waals surface area contributed by atoms with Crippen molar-refractivity contribution >= 4 is 5.71 Å². The molecule has 0 aromatic carbocycles. The second-order valence-electron chi connectivity index (χ2n) is 2.10. The molecular weight excluding hydrogens is 110 g/mol. The van der Waals surface area contributed by atoms with Crippen molar-refractivity contribution in [1.82, 2.24) is 0 Å². The van der Waals surface area contributed by atoms with Crippen LogP contribution in [0.3, 0.4) is 0 Å². The molecule has 0 unspecified atom stereocenters. The Kier molecular flexibility index (Phi) is 3.69. The fourth-order valence-corrected chi connectivity index (χ4v) is 0.561. The van der Waals surface area contributed by atoms with Gasteiger partial charge in [0.2, 0.25) is 0 Å². The van der Waals surface area contributed by atoms with Crippen molar-refractivity contribution in [2.24, 2.45) is 4.99 Å². The Labute approximate surface area is 56.8 Å². The van der Waals surface area contributed by atoms with E-state index in [1.54, 1.807) is 6.08 Å². The van der Waals surface area contributed by atoms with Gasteiger partial charge >= 0.3 is 0 Å². The number of nitrogens with zero attached hydrogens (tertiary/aromatic N) is 1. The molecular formula is C8H13N. The van der Waals surface area contributed by atoms with Crippen LogP contribution in [0.5, 0.6) is 0 Å². The SMILES string of the molecule is C=C/C=C(\C)N=C(C)C. The quantitative estimate of drug-likeness (QED) is 0.395. The third kappa shape index (κ3) is 5.01. The predicted octanol–water partition coefficient (Wildman–Crippen LogP) is 2.56. The van der Waals surface area contributed by atoms with Crippen LogP contribution < -0.4 is 0 Å². The van der Waals surface area contributed by atoms with Crippen molar-refractivity contribution in [2.75, 3.05) is 0 Å². The molecule has 0 radical (unpaired) electrons. The summed E-state index contributed by atoms with van der Waals surface area (Å²) < 4.78 is 0. The molecule has 0 aliphatic heterocycles. The first-order chi connectivity index (χ1) is 4.16. The van der Waals surface area contributed by atoms with Crippen LogP contribution in [-0.2, 0) is 0 Å². The Bertz CT molecular complexity index is 148. The molecule has 1 nitrogen and oxygen atoms in total. The van der Waals surface area contributed by atoms with Gasteiger partial charge in [0.1, 0.15) is 0 Å². The van der Waals surface area contributed by atoms with Crippen molar-refractivity contribution < 1.29 is 0 Å². The average molecular weight is 123 g/mol. The summed E-state index contributed by atoms with van der Waals surface area (Å²) in [6, 6.07) is 0. The molecule has 0 atom stereocenters. The van der Waals surface area contributed by atoms with Gasteiger partial charge in [0.25, 0.3) is 0 Å². The maximum absolute atomic E-state index is 4.17. The van der Waals surface area contributed by atoms with E-state index in [1.165, 1.54) is 0 Å². The Morgan fingerprint density at radius 1 is 1.33 bits per heavy atom. The van der Waals surface area contributed by atoms with Crippen molar-refractivity contribution in [2.45, 2.75) is 20.8 Å². The Balaban J connectivity index is 4.05. The lowest BCUT2D eigenvalue weighted by Crippen LogP contribution is -1.79. The summed E-state index contributed by atoms with van der Waals surface area (Å²) in [7, 11) is 0. The molecule has 0 fully saturated rings. The molecule has 0 rings (SSSR count). The fraction of sp³-hybridized carbons (Fsp3) is 0.375. The summed E-state index contributed by atoms with van der Waals surface area (Å²) >= 11 is 0. The molecule has 1 heteroatoms. The van der Waals surface area contributed by atoms with Gasteiger partial charge in [-0.05, 0) is 26.8 Å². The van der Waals surface area contributed by atoms with Crippen LogP contribution in [0.4, 0.5) is 0 Å². The first kappa shape index (κ1) is 8.15. The zero-order valence-electron chi connectivity index (χ0n) is 6.31. The molecule has 0 aliphatic carbocycles. The second kappa shape index (κ2) is 4.07. The highest BCUT2D eigenvalue weighted by molar-refractivity contribution is 5.80. The lowest BCUT2D eigenvalue weighted by atomic mass is 10.4. The Morgan fingerprint density at radius 2 is 1.89 bits per heavy atom. The number of allylic oxidation sites excluding steroid dienone is 3. The maximum atomic E-state index is 4.17. The Hall–Kier alpha value is -0.850. The van der Waals surface area contributed by atoms with E-state index < -0.39 is 0 Å². The average Bonchev–Trinajstić information content (AvgIpc) is 1.63. The normalized spacial score (nSPS) is 10.8. The minimum Gasteiger partial charge on any atom is -0.263 e. The van der Waals surface area contributed by atoms with Crippen molar-refractivity contribution in [3.63, 3.8) is 0 Å². The monoisotopic (exact) mass is 123 g/mol. The van der Waals surface area contributed by atoms with Gasteiger partial charge in [0.05, 0.1) is 0 Å². The summed E-state index contributed by atoms with van der Waals surface area (Å²) in [5.74, 6) is 0. The van der Waals surface area contributed by atoms with Crippen LogP contribution in [0, 0.1) is 0 Å². The molecule has 0 saturated heterocycles. The van der Waals surface area contributed by atoms with E-state index in [-0.39, 0.29) is 0 Å². The standard InChI is InChI=1S/C8H13N/c1-5-6-8(4)9-7(2)3/h5-6H,1H2,2-4H3/b8-6+. The molecule has 0 heterocycles. The lowest BCUT2D eigenvalue weighted by molar-refractivity contribution is 1.29. The summed E-state index contributed by atoms with van der Waals surface area (Å²) in [6.07, 6.45) is 3.62. The van der Waals surface area contributed by atoms with E-state index in [2.05, 4.69) is 11.6 Å². The van der Waals surface area contributed by atoms with E-state index in [1.807, 2.05) is 26.8 Å². The van der Waals surface area contributed by atoms with Crippen LogP contribution in [0.2, 0.25) is 0 Å². The zero-order valence-corrected chi connectivity index (χ0v) is 6.31. The summed E-state index contributed by atoms with van der Waals surface area (Å²) in [6.45, 7) is 9.46. The molecule has 9 heavy (non-hydrogen) atoms. The van der Waals surface area contributed by atoms with Crippen LogP contribution in [0.1, 0.15) is 20.8 Å². The maximum Gasteiger partial charge on any atom is 0.0371 e. The smallest absolute Gasteiger partial charge is 0.0371 e. The van der Waals surface area contributed by atoms with Gasteiger partial charge in [-0.3, -0.25) is 4.99 Å². The van der Waals surface area contributed by atoms with E-state index in [9.17, 15) is 0 Å². The molecule has 0 spiro atoms. The van der Waals surface area contributed by atoms with Crippen LogP contribution >= 0.6 is 0 Å². The predicted molar refractivity (Wildman–Crippen MR) is 42.7 cm³/mol. The fourth-order valence-electron chi connectivity index (χ4n) is 0.561. The molecule has 0 aromatic rings. The topological polar surface area (TPSA) is 12.4 Å². The first-order valence-corrected chi connectivity index (χ1v) is 2.98. The molecule has 0 aromatic heterocycles. The number of rotatable bonds is 2. The van der Waals surface area contributed by atoms with Gasteiger partial charge in [-0.1, -0.05) is 12.7 Å². The summed E-state index contributed by atoms with van der Waals surface area (Å²) in [4.78, 5) is 4.17. The van der Waals surface area contributed by atoms with Gasteiger partial charge in [0.15, 0.2) is 0 Å². The van der Waals surface area contributed by atoms with E-state index in [0.717, 1.165) is 11.4 Å². The number of hydrogen-bond donors (Lipinski definition) is 0. The van der Waals surface area contributed by atoms with Gasteiger partial charge in [-0.25, -0.2) is 0 Å². The van der Waals surface area contributed by atoms with Gasteiger partial charge in [-0.2, -0.15) is 0 Å². The number of hydrogen-bond acceptors (Lipinski definition) is 1.